The monoisotopic (exact) mass is 261 g/mol. The molecule has 0 spiro atoms. The minimum absolute atomic E-state index is 0. The van der Waals surface area contributed by atoms with Crippen LogP contribution in [0.1, 0.15) is 25.7 Å². The van der Waals surface area contributed by atoms with Crippen LogP contribution in [0, 0.1) is 11.8 Å². The van der Waals surface area contributed by atoms with Crippen LogP contribution in [-0.4, -0.2) is 30.9 Å². The number of amides is 2. The molecule has 0 aromatic heterocycles. The molecule has 0 aromatic rings. The third kappa shape index (κ3) is 3.33. The quantitative estimate of drug-likeness (QED) is 0.657. The summed E-state index contributed by atoms with van der Waals surface area (Å²) in [4.78, 5) is 23.0. The van der Waals surface area contributed by atoms with Gasteiger partial charge >= 0.3 is 0 Å². The van der Waals surface area contributed by atoms with Gasteiger partial charge in [-0.25, -0.2) is 0 Å². The lowest BCUT2D eigenvalue weighted by atomic mass is 9.83. The van der Waals surface area contributed by atoms with Gasteiger partial charge in [0, 0.05) is 19.1 Å². The van der Waals surface area contributed by atoms with Gasteiger partial charge < -0.3 is 16.4 Å². The number of primary amides is 1. The third-order valence-corrected chi connectivity index (χ3v) is 3.61. The molecule has 0 bridgehead atoms. The van der Waals surface area contributed by atoms with Crippen molar-refractivity contribution in [1.29, 1.82) is 0 Å². The second kappa shape index (κ2) is 6.21. The fourth-order valence-electron chi connectivity index (χ4n) is 2.42. The molecular formula is C11H20ClN3O2. The topological polar surface area (TPSA) is 84.2 Å². The third-order valence-electron chi connectivity index (χ3n) is 3.61. The van der Waals surface area contributed by atoms with Crippen molar-refractivity contribution in [2.24, 2.45) is 17.6 Å². The largest absolute Gasteiger partial charge is 0.369 e. The van der Waals surface area contributed by atoms with E-state index < -0.39 is 0 Å². The first-order valence-electron chi connectivity index (χ1n) is 5.99. The average Bonchev–Trinajstić information content (AvgIpc) is 2.15. The molecule has 98 valence electrons. The second-order valence-corrected chi connectivity index (χ2v) is 4.76. The van der Waals surface area contributed by atoms with Gasteiger partial charge in [-0.2, -0.15) is 0 Å². The van der Waals surface area contributed by atoms with Crippen LogP contribution in [0.2, 0.25) is 0 Å². The highest BCUT2D eigenvalue weighted by Crippen LogP contribution is 2.24. The molecule has 2 rings (SSSR count). The summed E-state index contributed by atoms with van der Waals surface area (Å²) in [5.41, 5.74) is 5.35. The van der Waals surface area contributed by atoms with E-state index in [1.165, 1.54) is 0 Å². The zero-order valence-electron chi connectivity index (χ0n) is 9.78. The van der Waals surface area contributed by atoms with Gasteiger partial charge in [-0.05, 0) is 12.8 Å². The van der Waals surface area contributed by atoms with Gasteiger partial charge in [0.1, 0.15) is 0 Å². The summed E-state index contributed by atoms with van der Waals surface area (Å²) in [5.74, 6) is -0.310. The summed E-state index contributed by atoms with van der Waals surface area (Å²) in [6.45, 7) is 1.50. The molecule has 2 atom stereocenters. The van der Waals surface area contributed by atoms with Crippen LogP contribution in [-0.2, 0) is 9.59 Å². The number of hydrogen-bond acceptors (Lipinski definition) is 3. The van der Waals surface area contributed by atoms with E-state index in [9.17, 15) is 9.59 Å². The maximum Gasteiger partial charge on any atom is 0.225 e. The van der Waals surface area contributed by atoms with Crippen molar-refractivity contribution in [2.45, 2.75) is 31.7 Å². The summed E-state index contributed by atoms with van der Waals surface area (Å²) in [7, 11) is 0. The molecular weight excluding hydrogens is 242 g/mol. The summed E-state index contributed by atoms with van der Waals surface area (Å²) < 4.78 is 0. The first-order valence-corrected chi connectivity index (χ1v) is 5.99. The van der Waals surface area contributed by atoms with Gasteiger partial charge in [0.15, 0.2) is 0 Å². The Morgan fingerprint density at radius 3 is 2.35 bits per heavy atom. The summed E-state index contributed by atoms with van der Waals surface area (Å²) in [6, 6.07) is -0.0423. The highest BCUT2D eigenvalue weighted by Gasteiger charge is 2.33. The number of carbonyl (C=O) groups excluding carboxylic acids is 2. The smallest absolute Gasteiger partial charge is 0.225 e. The minimum Gasteiger partial charge on any atom is -0.369 e. The molecule has 1 saturated carbocycles. The highest BCUT2D eigenvalue weighted by atomic mass is 35.5. The normalized spacial score (nSPS) is 28.7. The molecule has 6 heteroatoms. The molecule has 4 N–H and O–H groups in total. The van der Waals surface area contributed by atoms with Gasteiger partial charge in [0.2, 0.25) is 11.8 Å². The molecule has 5 nitrogen and oxygen atoms in total. The standard InChI is InChI=1S/C11H19N3O2.ClH/c12-10(15)8-3-1-2-4-9(8)14-11(16)7-5-13-6-7;/h7-9,13H,1-6H2,(H2,12,15)(H,14,16);1H. The molecule has 2 unspecified atom stereocenters. The van der Waals surface area contributed by atoms with Crippen LogP contribution in [0.15, 0.2) is 0 Å². The van der Waals surface area contributed by atoms with E-state index in [-0.39, 0.29) is 42.1 Å². The second-order valence-electron chi connectivity index (χ2n) is 4.76. The van der Waals surface area contributed by atoms with E-state index in [0.29, 0.717) is 0 Å². The summed E-state index contributed by atoms with van der Waals surface area (Å²) in [6.07, 6.45) is 3.78. The molecule has 1 saturated heterocycles. The fourth-order valence-corrected chi connectivity index (χ4v) is 2.42. The zero-order chi connectivity index (χ0) is 11.5. The molecule has 2 amide bonds. The predicted molar refractivity (Wildman–Crippen MR) is 66.7 cm³/mol. The minimum atomic E-state index is -0.281. The lowest BCUT2D eigenvalue weighted by Crippen LogP contribution is -2.55. The summed E-state index contributed by atoms with van der Waals surface area (Å²) >= 11 is 0. The van der Waals surface area contributed by atoms with Gasteiger partial charge in [-0.3, -0.25) is 9.59 Å². The van der Waals surface area contributed by atoms with Crippen LogP contribution in [0.25, 0.3) is 0 Å². The lowest BCUT2D eigenvalue weighted by molar-refractivity contribution is -0.129. The Morgan fingerprint density at radius 1 is 1.18 bits per heavy atom. The fraction of sp³-hybridized carbons (Fsp3) is 0.818. The Labute approximate surface area is 107 Å². The van der Waals surface area contributed by atoms with Gasteiger partial charge in [-0.1, -0.05) is 12.8 Å². The van der Waals surface area contributed by atoms with Crippen molar-refractivity contribution in [3.8, 4) is 0 Å². The first-order chi connectivity index (χ1) is 7.68. The number of halogens is 1. The number of hydrogen-bond donors (Lipinski definition) is 3. The molecule has 2 aliphatic rings. The van der Waals surface area contributed by atoms with Crippen LogP contribution in [0.5, 0.6) is 0 Å². The van der Waals surface area contributed by atoms with Crippen LogP contribution in [0.3, 0.4) is 0 Å². The summed E-state index contributed by atoms with van der Waals surface area (Å²) in [5, 5.41) is 6.03. The van der Waals surface area contributed by atoms with Crippen molar-refractivity contribution < 1.29 is 9.59 Å². The Balaban J connectivity index is 0.00000144. The number of nitrogens with one attached hydrogen (secondary N) is 2. The molecule has 0 radical (unpaired) electrons. The lowest BCUT2D eigenvalue weighted by Gasteiger charge is -2.33. The highest BCUT2D eigenvalue weighted by molar-refractivity contribution is 5.85. The Morgan fingerprint density at radius 2 is 1.82 bits per heavy atom. The van der Waals surface area contributed by atoms with Gasteiger partial charge in [0.05, 0.1) is 11.8 Å². The van der Waals surface area contributed by atoms with E-state index in [2.05, 4.69) is 10.6 Å². The Hall–Kier alpha value is -0.810. The van der Waals surface area contributed by atoms with E-state index in [4.69, 9.17) is 5.73 Å². The van der Waals surface area contributed by atoms with Crippen molar-refractivity contribution >= 4 is 24.2 Å². The van der Waals surface area contributed by atoms with Crippen LogP contribution in [0.4, 0.5) is 0 Å². The number of rotatable bonds is 3. The molecule has 1 aliphatic heterocycles. The Kier molecular flexibility index (Phi) is 5.21. The number of nitrogens with two attached hydrogens (primary N) is 1. The SMILES string of the molecule is Cl.NC(=O)C1CCCCC1NC(=O)C1CNC1. The van der Waals surface area contributed by atoms with Crippen molar-refractivity contribution in [3.63, 3.8) is 0 Å². The van der Waals surface area contributed by atoms with Gasteiger partial charge in [0.25, 0.3) is 0 Å². The van der Waals surface area contributed by atoms with Crippen molar-refractivity contribution in [1.82, 2.24) is 10.6 Å². The van der Waals surface area contributed by atoms with E-state index in [0.717, 1.165) is 38.8 Å². The maximum atomic E-state index is 11.8. The average molecular weight is 262 g/mol. The number of carbonyl (C=O) groups is 2. The van der Waals surface area contributed by atoms with E-state index in [1.54, 1.807) is 0 Å². The van der Waals surface area contributed by atoms with E-state index in [1.807, 2.05) is 0 Å². The molecule has 1 aliphatic carbocycles. The first kappa shape index (κ1) is 14.3. The van der Waals surface area contributed by atoms with Crippen molar-refractivity contribution in [3.05, 3.63) is 0 Å². The molecule has 17 heavy (non-hydrogen) atoms. The predicted octanol–water partition coefficient (Wildman–Crippen LogP) is -0.212. The zero-order valence-corrected chi connectivity index (χ0v) is 10.6. The van der Waals surface area contributed by atoms with Gasteiger partial charge in [-0.15, -0.1) is 12.4 Å². The van der Waals surface area contributed by atoms with Crippen LogP contribution >= 0.6 is 12.4 Å². The molecule has 0 aromatic carbocycles. The maximum absolute atomic E-state index is 11.8. The van der Waals surface area contributed by atoms with E-state index >= 15 is 0 Å². The van der Waals surface area contributed by atoms with Crippen LogP contribution < -0.4 is 16.4 Å². The Bertz CT molecular complexity index is 294. The molecule has 1 heterocycles. The molecule has 2 fully saturated rings. The van der Waals surface area contributed by atoms with Crippen molar-refractivity contribution in [2.75, 3.05) is 13.1 Å².